The molecule has 27 heavy (non-hydrogen) atoms. The lowest BCUT2D eigenvalue weighted by molar-refractivity contribution is -0.160. The maximum atomic E-state index is 12.8. The number of carbonyl (C=O) groups is 1. The van der Waals surface area contributed by atoms with Gasteiger partial charge in [0, 0.05) is 25.5 Å². The molecule has 2 heterocycles. The molecule has 1 aromatic heterocycles. The number of esters is 1. The van der Waals surface area contributed by atoms with Crippen LogP contribution in [0.4, 0.5) is 0 Å². The van der Waals surface area contributed by atoms with Gasteiger partial charge in [-0.05, 0) is 62.6 Å². The molecule has 1 saturated heterocycles. The molecule has 2 aromatic rings. The SMILES string of the molecule is CCOC(=O)C1(CCOc2ccccc2)CCCN(Cc2ccncc2)C1. The fraction of sp³-hybridized carbons (Fsp3) is 0.455. The maximum absolute atomic E-state index is 12.8. The predicted octanol–water partition coefficient (Wildman–Crippen LogP) is 3.70. The number of nitrogens with zero attached hydrogens (tertiary/aromatic N) is 2. The average molecular weight is 368 g/mol. The molecule has 1 fully saturated rings. The Hall–Kier alpha value is -2.40. The van der Waals surface area contributed by atoms with E-state index >= 15 is 0 Å². The molecule has 1 aliphatic rings. The van der Waals surface area contributed by atoms with E-state index in [4.69, 9.17) is 9.47 Å². The van der Waals surface area contributed by atoms with Gasteiger partial charge in [-0.15, -0.1) is 0 Å². The zero-order valence-corrected chi connectivity index (χ0v) is 16.0. The van der Waals surface area contributed by atoms with E-state index in [-0.39, 0.29) is 5.97 Å². The summed E-state index contributed by atoms with van der Waals surface area (Å²) < 4.78 is 11.3. The molecule has 0 bridgehead atoms. The number of hydrogen-bond donors (Lipinski definition) is 0. The summed E-state index contributed by atoms with van der Waals surface area (Å²) in [5, 5.41) is 0. The molecule has 0 N–H and O–H groups in total. The minimum absolute atomic E-state index is 0.0962. The van der Waals surface area contributed by atoms with Crippen LogP contribution in [0.2, 0.25) is 0 Å². The van der Waals surface area contributed by atoms with Gasteiger partial charge in [-0.25, -0.2) is 0 Å². The van der Waals surface area contributed by atoms with E-state index in [1.54, 1.807) is 0 Å². The molecule has 1 aromatic carbocycles. The van der Waals surface area contributed by atoms with Crippen LogP contribution in [0, 0.1) is 5.41 Å². The molecule has 1 unspecified atom stereocenters. The lowest BCUT2D eigenvalue weighted by Crippen LogP contribution is -2.49. The smallest absolute Gasteiger partial charge is 0.313 e. The van der Waals surface area contributed by atoms with Gasteiger partial charge in [-0.3, -0.25) is 14.7 Å². The van der Waals surface area contributed by atoms with Crippen LogP contribution in [-0.2, 0) is 16.1 Å². The number of piperidine rings is 1. The lowest BCUT2D eigenvalue weighted by atomic mass is 9.77. The highest BCUT2D eigenvalue weighted by Crippen LogP contribution is 2.36. The van der Waals surface area contributed by atoms with Crippen molar-refractivity contribution in [2.45, 2.75) is 32.7 Å². The second-order valence-corrected chi connectivity index (χ2v) is 7.08. The highest BCUT2D eigenvalue weighted by Gasteiger charge is 2.43. The maximum Gasteiger partial charge on any atom is 0.313 e. The second kappa shape index (κ2) is 9.51. The minimum Gasteiger partial charge on any atom is -0.494 e. The van der Waals surface area contributed by atoms with Crippen LogP contribution in [-0.4, -0.2) is 42.2 Å². The Balaban J connectivity index is 1.66. The molecule has 0 radical (unpaired) electrons. The molecule has 3 rings (SSSR count). The summed E-state index contributed by atoms with van der Waals surface area (Å²) in [7, 11) is 0. The van der Waals surface area contributed by atoms with Crippen molar-refractivity contribution in [2.75, 3.05) is 26.3 Å². The van der Waals surface area contributed by atoms with Crippen LogP contribution in [0.1, 0.15) is 31.7 Å². The summed E-state index contributed by atoms with van der Waals surface area (Å²) >= 11 is 0. The lowest BCUT2D eigenvalue weighted by Gasteiger charge is -2.41. The van der Waals surface area contributed by atoms with Crippen LogP contribution in [0.5, 0.6) is 5.75 Å². The summed E-state index contributed by atoms with van der Waals surface area (Å²) in [6.45, 7) is 5.29. The van der Waals surface area contributed by atoms with E-state index < -0.39 is 5.41 Å². The van der Waals surface area contributed by atoms with Crippen molar-refractivity contribution in [2.24, 2.45) is 5.41 Å². The van der Waals surface area contributed by atoms with E-state index in [1.165, 1.54) is 5.56 Å². The third kappa shape index (κ3) is 5.30. The quantitative estimate of drug-likeness (QED) is 0.665. The second-order valence-electron chi connectivity index (χ2n) is 7.08. The summed E-state index contributed by atoms with van der Waals surface area (Å²) in [5.41, 5.74) is 0.709. The molecule has 0 saturated carbocycles. The number of aromatic nitrogens is 1. The van der Waals surface area contributed by atoms with Crippen molar-refractivity contribution in [3.8, 4) is 5.75 Å². The van der Waals surface area contributed by atoms with Crippen molar-refractivity contribution in [3.05, 3.63) is 60.4 Å². The Labute approximate surface area is 161 Å². The van der Waals surface area contributed by atoms with E-state index in [2.05, 4.69) is 9.88 Å². The fourth-order valence-electron chi connectivity index (χ4n) is 3.75. The van der Waals surface area contributed by atoms with Crippen molar-refractivity contribution >= 4 is 5.97 Å². The van der Waals surface area contributed by atoms with Gasteiger partial charge in [0.05, 0.1) is 18.6 Å². The van der Waals surface area contributed by atoms with E-state index in [1.807, 2.05) is 61.8 Å². The van der Waals surface area contributed by atoms with Crippen LogP contribution in [0.25, 0.3) is 0 Å². The number of carbonyl (C=O) groups excluding carboxylic acids is 1. The Morgan fingerprint density at radius 2 is 1.96 bits per heavy atom. The van der Waals surface area contributed by atoms with Gasteiger partial charge in [0.2, 0.25) is 0 Å². The molecule has 0 spiro atoms. The van der Waals surface area contributed by atoms with Gasteiger partial charge in [0.15, 0.2) is 0 Å². The van der Waals surface area contributed by atoms with Crippen molar-refractivity contribution < 1.29 is 14.3 Å². The van der Waals surface area contributed by atoms with Gasteiger partial charge in [0.25, 0.3) is 0 Å². The van der Waals surface area contributed by atoms with Crippen molar-refractivity contribution in [1.29, 1.82) is 0 Å². The van der Waals surface area contributed by atoms with Crippen LogP contribution < -0.4 is 4.74 Å². The molecule has 1 aliphatic heterocycles. The zero-order chi connectivity index (χ0) is 19.0. The first kappa shape index (κ1) is 19.4. The number of likely N-dealkylation sites (tertiary alicyclic amines) is 1. The molecular formula is C22H28N2O3. The van der Waals surface area contributed by atoms with E-state index in [9.17, 15) is 4.79 Å². The highest BCUT2D eigenvalue weighted by molar-refractivity contribution is 5.77. The van der Waals surface area contributed by atoms with Crippen LogP contribution in [0.3, 0.4) is 0 Å². The first-order valence-electron chi connectivity index (χ1n) is 9.68. The van der Waals surface area contributed by atoms with Crippen LogP contribution in [0.15, 0.2) is 54.9 Å². The number of pyridine rings is 1. The third-order valence-electron chi connectivity index (χ3n) is 5.11. The molecule has 144 valence electrons. The largest absolute Gasteiger partial charge is 0.494 e. The number of rotatable bonds is 8. The molecule has 0 amide bonds. The minimum atomic E-state index is -0.504. The molecular weight excluding hydrogens is 340 g/mol. The summed E-state index contributed by atoms with van der Waals surface area (Å²) in [6.07, 6.45) is 6.11. The number of benzene rings is 1. The number of hydrogen-bond acceptors (Lipinski definition) is 5. The Morgan fingerprint density at radius 3 is 2.70 bits per heavy atom. The molecule has 5 nitrogen and oxygen atoms in total. The molecule has 0 aliphatic carbocycles. The fourth-order valence-corrected chi connectivity index (χ4v) is 3.75. The van der Waals surface area contributed by atoms with Gasteiger partial charge < -0.3 is 9.47 Å². The zero-order valence-electron chi connectivity index (χ0n) is 16.0. The predicted molar refractivity (Wildman–Crippen MR) is 104 cm³/mol. The van der Waals surface area contributed by atoms with Crippen molar-refractivity contribution in [1.82, 2.24) is 9.88 Å². The Bertz CT molecular complexity index is 708. The Kier molecular flexibility index (Phi) is 6.82. The average Bonchev–Trinajstić information content (AvgIpc) is 2.70. The summed E-state index contributed by atoms with van der Waals surface area (Å²) in [5.74, 6) is 0.738. The normalized spacial score (nSPS) is 20.2. The van der Waals surface area contributed by atoms with Gasteiger partial charge in [-0.1, -0.05) is 18.2 Å². The first-order valence-corrected chi connectivity index (χ1v) is 9.68. The third-order valence-corrected chi connectivity index (χ3v) is 5.11. The monoisotopic (exact) mass is 368 g/mol. The first-order chi connectivity index (χ1) is 13.2. The van der Waals surface area contributed by atoms with Gasteiger partial charge in [0.1, 0.15) is 5.75 Å². The standard InChI is InChI=1S/C22H28N2O3/c1-2-26-21(25)22(12-16-27-20-7-4-3-5-8-20)11-6-15-24(18-22)17-19-9-13-23-14-10-19/h3-5,7-10,13-14H,2,6,11-12,15-18H2,1H3. The van der Waals surface area contributed by atoms with Crippen LogP contribution >= 0.6 is 0 Å². The van der Waals surface area contributed by atoms with Gasteiger partial charge >= 0.3 is 5.97 Å². The topological polar surface area (TPSA) is 51.7 Å². The summed E-state index contributed by atoms with van der Waals surface area (Å²) in [4.78, 5) is 19.3. The van der Waals surface area contributed by atoms with E-state index in [0.29, 0.717) is 26.2 Å². The highest BCUT2D eigenvalue weighted by atomic mass is 16.5. The van der Waals surface area contributed by atoms with E-state index in [0.717, 1.165) is 31.7 Å². The summed E-state index contributed by atoms with van der Waals surface area (Å²) in [6, 6.07) is 13.8. The van der Waals surface area contributed by atoms with Gasteiger partial charge in [-0.2, -0.15) is 0 Å². The molecule has 5 heteroatoms. The number of ether oxygens (including phenoxy) is 2. The molecule has 1 atom stereocenters. The Morgan fingerprint density at radius 1 is 1.19 bits per heavy atom. The van der Waals surface area contributed by atoms with Crippen molar-refractivity contribution in [3.63, 3.8) is 0 Å². The number of para-hydroxylation sites is 1.